The van der Waals surface area contributed by atoms with Crippen molar-refractivity contribution in [2.75, 3.05) is 264 Å². The van der Waals surface area contributed by atoms with E-state index < -0.39 is 0 Å². The number of unbranched alkanes of at least 4 members (excludes halogenated alkanes) is 4. The van der Waals surface area contributed by atoms with E-state index >= 15 is 0 Å². The van der Waals surface area contributed by atoms with Crippen LogP contribution in [0.1, 0.15) is 90.2 Å². The van der Waals surface area contributed by atoms with Crippen molar-refractivity contribution in [3.05, 3.63) is 59.7 Å². The van der Waals surface area contributed by atoms with Crippen LogP contribution in [0, 0.1) is 11.8 Å². The fraction of sp³-hybridized carbons (Fsp3) is 0.824. The predicted octanol–water partition coefficient (Wildman–Crippen LogP) is 8.98. The lowest BCUT2D eigenvalue weighted by atomic mass is 10.0. The monoisotopic (exact) mass is 1270 g/mol. The molecule has 2 aromatic carbocycles. The number of hydrogen-bond acceptors (Lipinski definition) is 21. The van der Waals surface area contributed by atoms with Gasteiger partial charge in [0.25, 0.3) is 0 Å². The molecule has 21 heteroatoms. The fourth-order valence-electron chi connectivity index (χ4n) is 8.27. The molecule has 0 bridgehead atoms. The molecule has 89 heavy (non-hydrogen) atoms. The summed E-state index contributed by atoms with van der Waals surface area (Å²) in [6.45, 7) is 29.2. The van der Waals surface area contributed by atoms with Gasteiger partial charge in [0, 0.05) is 0 Å². The Kier molecular flexibility index (Phi) is 63.1. The summed E-state index contributed by atoms with van der Waals surface area (Å²) in [4.78, 5) is 0. The molecule has 0 saturated heterocycles. The van der Waals surface area contributed by atoms with Gasteiger partial charge in [-0.3, -0.25) is 0 Å². The normalized spacial score (nSPS) is 11.8. The van der Waals surface area contributed by atoms with E-state index in [1.165, 1.54) is 62.5 Å². The Morgan fingerprint density at radius 1 is 0.202 bits per heavy atom. The van der Waals surface area contributed by atoms with Gasteiger partial charge in [-0.25, -0.2) is 0 Å². The van der Waals surface area contributed by atoms with E-state index in [1.54, 1.807) is 0 Å². The zero-order valence-corrected chi connectivity index (χ0v) is 55.7. The zero-order chi connectivity index (χ0) is 63.3. The van der Waals surface area contributed by atoms with Gasteiger partial charge in [-0.15, -0.1) is 0 Å². The van der Waals surface area contributed by atoms with Gasteiger partial charge in [-0.2, -0.15) is 0 Å². The summed E-state index contributed by atoms with van der Waals surface area (Å²) in [5.74, 6) is 3.48. The molecular formula is C68H122O21. The average molecular weight is 1280 g/mol. The molecule has 0 aliphatic heterocycles. The van der Waals surface area contributed by atoms with Crippen molar-refractivity contribution in [3.8, 4) is 11.5 Å². The molecule has 0 aromatic heterocycles. The van der Waals surface area contributed by atoms with Crippen molar-refractivity contribution >= 4 is 0 Å². The van der Waals surface area contributed by atoms with Crippen LogP contribution in [0.4, 0.5) is 0 Å². The summed E-state index contributed by atoms with van der Waals surface area (Å²) in [5, 5.41) is 0. The minimum atomic E-state index is 0.489. The molecule has 0 fully saturated rings. The van der Waals surface area contributed by atoms with Crippen molar-refractivity contribution in [3.63, 3.8) is 0 Å². The maximum atomic E-state index is 6.00. The lowest BCUT2D eigenvalue weighted by molar-refractivity contribution is -0.0313. The number of para-hydroxylation sites is 2. The minimum absolute atomic E-state index is 0.489. The SMILES string of the molecule is CC(C)CCCCCc1ccccc1OCCOCCOCCOCCOCCOCCOCCOCCOCCOCCOCCOCCOCCOCCOCCOCCOCCOCCOCCOCCOc1ccccc1CCCCCC(C)C. The maximum absolute atomic E-state index is 6.00. The Morgan fingerprint density at radius 2 is 0.371 bits per heavy atom. The van der Waals surface area contributed by atoms with Crippen molar-refractivity contribution in [1.29, 1.82) is 0 Å². The molecule has 0 saturated carbocycles. The summed E-state index contributed by atoms with van der Waals surface area (Å²) in [6, 6.07) is 16.6. The first-order chi connectivity index (χ1) is 44.1. The standard InChI is InChI=1S/C68H122O21/c1-63(2)15-7-5-9-17-65-19-11-13-21-67(65)88-61-59-86-57-55-84-53-51-82-49-47-80-45-43-78-41-39-76-37-35-74-33-31-72-29-27-70-25-23-69-24-26-71-28-30-73-32-34-75-36-38-77-40-42-79-44-46-81-48-50-83-52-54-85-56-58-87-60-62-89-68-22-14-12-20-66(68)18-10-6-8-16-64(3)4/h11-14,19-22,63-64H,5-10,15-18,23-62H2,1-4H3. The Labute approximate surface area is 536 Å². The highest BCUT2D eigenvalue weighted by Gasteiger charge is 2.07. The third-order valence-corrected chi connectivity index (χ3v) is 13.1. The van der Waals surface area contributed by atoms with Crippen molar-refractivity contribution in [1.82, 2.24) is 0 Å². The summed E-state index contributed by atoms with van der Waals surface area (Å²) in [5.41, 5.74) is 2.55. The van der Waals surface area contributed by atoms with Crippen molar-refractivity contribution in [2.45, 2.75) is 91.9 Å². The van der Waals surface area contributed by atoms with Gasteiger partial charge in [0.2, 0.25) is 0 Å². The summed E-state index contributed by atoms with van der Waals surface area (Å²) in [7, 11) is 0. The highest BCUT2D eigenvalue weighted by atomic mass is 16.6. The van der Waals surface area contributed by atoms with Gasteiger partial charge in [-0.05, 0) is 60.8 Å². The number of hydrogen-bond donors (Lipinski definition) is 0. The average Bonchev–Trinajstić information content (AvgIpc) is 3.70. The van der Waals surface area contributed by atoms with Gasteiger partial charge in [-0.1, -0.05) is 103 Å². The Hall–Kier alpha value is -2.72. The van der Waals surface area contributed by atoms with Gasteiger partial charge in [0.1, 0.15) is 24.7 Å². The third kappa shape index (κ3) is 60.0. The number of aryl methyl sites for hydroxylation is 2. The van der Waals surface area contributed by atoms with Gasteiger partial charge in [0.15, 0.2) is 0 Å². The van der Waals surface area contributed by atoms with Crippen LogP contribution in [0.2, 0.25) is 0 Å². The molecule has 0 amide bonds. The molecule has 0 aliphatic rings. The molecule has 0 N–H and O–H groups in total. The zero-order valence-electron chi connectivity index (χ0n) is 55.7. The summed E-state index contributed by atoms with van der Waals surface area (Å²) in [6.07, 6.45) is 12.2. The fourth-order valence-corrected chi connectivity index (χ4v) is 8.27. The first-order valence-electron chi connectivity index (χ1n) is 33.4. The molecule has 0 atom stereocenters. The smallest absolute Gasteiger partial charge is 0.122 e. The maximum Gasteiger partial charge on any atom is 0.122 e. The quantitative estimate of drug-likeness (QED) is 0.0569. The van der Waals surface area contributed by atoms with Crippen LogP contribution >= 0.6 is 0 Å². The van der Waals surface area contributed by atoms with Crippen LogP contribution in [0.15, 0.2) is 48.5 Å². The van der Waals surface area contributed by atoms with Crippen LogP contribution in [0.3, 0.4) is 0 Å². The molecule has 520 valence electrons. The van der Waals surface area contributed by atoms with Crippen LogP contribution in [-0.4, -0.2) is 264 Å². The molecule has 2 rings (SSSR count). The minimum Gasteiger partial charge on any atom is -0.491 e. The second kappa shape index (κ2) is 68.1. The molecule has 0 radical (unpaired) electrons. The van der Waals surface area contributed by atoms with Gasteiger partial charge in [0.05, 0.1) is 251 Å². The molecule has 0 aliphatic carbocycles. The highest BCUT2D eigenvalue weighted by molar-refractivity contribution is 5.34. The molecular weight excluding hydrogens is 1150 g/mol. The van der Waals surface area contributed by atoms with Crippen LogP contribution in [-0.2, 0) is 103 Å². The molecule has 0 heterocycles. The van der Waals surface area contributed by atoms with E-state index in [0.29, 0.717) is 264 Å². The summed E-state index contributed by atoms with van der Waals surface area (Å²) < 4.78 is 118. The Bertz CT molecular complexity index is 1580. The highest BCUT2D eigenvalue weighted by Crippen LogP contribution is 2.22. The van der Waals surface area contributed by atoms with Crippen molar-refractivity contribution in [2.24, 2.45) is 11.8 Å². The lowest BCUT2D eigenvalue weighted by Gasteiger charge is -2.12. The number of benzene rings is 2. The largest absolute Gasteiger partial charge is 0.491 e. The predicted molar refractivity (Wildman–Crippen MR) is 343 cm³/mol. The van der Waals surface area contributed by atoms with Gasteiger partial charge >= 0.3 is 0 Å². The first kappa shape index (κ1) is 82.4. The molecule has 0 spiro atoms. The Morgan fingerprint density at radius 3 is 0.551 bits per heavy atom. The van der Waals surface area contributed by atoms with E-state index in [-0.39, 0.29) is 0 Å². The van der Waals surface area contributed by atoms with Crippen molar-refractivity contribution < 1.29 is 99.5 Å². The molecule has 0 unspecified atom stereocenters. The number of rotatable bonds is 74. The molecule has 2 aromatic rings. The molecule has 21 nitrogen and oxygen atoms in total. The van der Waals surface area contributed by atoms with E-state index in [1.807, 2.05) is 24.3 Å². The number of ether oxygens (including phenoxy) is 21. The second-order valence-electron chi connectivity index (χ2n) is 21.5. The summed E-state index contributed by atoms with van der Waals surface area (Å²) >= 11 is 0. The van der Waals surface area contributed by atoms with E-state index in [9.17, 15) is 0 Å². The first-order valence-corrected chi connectivity index (χ1v) is 33.4. The van der Waals surface area contributed by atoms with E-state index in [0.717, 1.165) is 36.2 Å². The topological polar surface area (TPSA) is 194 Å². The van der Waals surface area contributed by atoms with Crippen LogP contribution in [0.25, 0.3) is 0 Å². The van der Waals surface area contributed by atoms with Gasteiger partial charge < -0.3 is 99.5 Å². The second-order valence-corrected chi connectivity index (χ2v) is 21.5. The van der Waals surface area contributed by atoms with E-state index in [2.05, 4.69) is 52.0 Å². The third-order valence-electron chi connectivity index (χ3n) is 13.1. The lowest BCUT2D eigenvalue weighted by Crippen LogP contribution is -2.16. The Balaban J connectivity index is 1.13. The van der Waals surface area contributed by atoms with Crippen LogP contribution in [0.5, 0.6) is 11.5 Å². The van der Waals surface area contributed by atoms with E-state index in [4.69, 9.17) is 99.5 Å². The van der Waals surface area contributed by atoms with Crippen LogP contribution < -0.4 is 9.47 Å².